The minimum atomic E-state index is -2.36. The van der Waals surface area contributed by atoms with Crippen molar-refractivity contribution in [1.29, 1.82) is 0 Å². The number of methoxy groups -OCH3 is 1. The minimum absolute atomic E-state index is 0. The predicted octanol–water partition coefficient (Wildman–Crippen LogP) is -8.86. The van der Waals surface area contributed by atoms with Crippen molar-refractivity contribution < 1.29 is 93.9 Å². The van der Waals surface area contributed by atoms with E-state index in [1.165, 1.54) is 14.0 Å². The fraction of sp³-hybridized carbons (Fsp3) is 0.850. The number of carbonyl (C=O) groups is 3. The topological polar surface area (TPSA) is 247 Å². The first kappa shape index (κ1) is 34.4. The number of carbonyl (C=O) groups excluding carboxylic acids is 3. The molecule has 208 valence electrons. The van der Waals surface area contributed by atoms with E-state index in [0.29, 0.717) is 11.8 Å². The Morgan fingerprint density at radius 1 is 1.11 bits per heavy atom. The zero-order valence-electron chi connectivity index (χ0n) is 20.8. The van der Waals surface area contributed by atoms with Gasteiger partial charge in [-0.2, -0.15) is 0 Å². The molecule has 15 nitrogen and oxygen atoms in total. The van der Waals surface area contributed by atoms with Crippen LogP contribution in [-0.2, 0) is 28.6 Å². The summed E-state index contributed by atoms with van der Waals surface area (Å²) < 4.78 is 16.3. The third-order valence-corrected chi connectivity index (χ3v) is 7.35. The molecule has 17 heteroatoms. The van der Waals surface area contributed by atoms with E-state index in [1.807, 2.05) is 0 Å². The zero-order chi connectivity index (χ0) is 27.4. The van der Waals surface area contributed by atoms with Crippen LogP contribution in [0.3, 0.4) is 0 Å². The molecular formula is C20H33N2NaO13S. The first-order valence-corrected chi connectivity index (χ1v) is 12.0. The van der Waals surface area contributed by atoms with Gasteiger partial charge < -0.3 is 65.4 Å². The summed E-state index contributed by atoms with van der Waals surface area (Å²) in [6.45, 7) is 1.38. The summed E-state index contributed by atoms with van der Waals surface area (Å²) >= 11 is 0.507. The Morgan fingerprint density at radius 3 is 2.16 bits per heavy atom. The van der Waals surface area contributed by atoms with Gasteiger partial charge in [0.2, 0.25) is 11.8 Å². The molecule has 0 radical (unpaired) electrons. The number of amides is 2. The maximum absolute atomic E-state index is 12.2. The van der Waals surface area contributed by atoms with Gasteiger partial charge >= 0.3 is 29.6 Å². The molecule has 0 aromatic heterocycles. The van der Waals surface area contributed by atoms with Gasteiger partial charge in [-0.3, -0.25) is 9.59 Å². The first-order chi connectivity index (χ1) is 16.8. The Labute approximate surface area is 239 Å². The van der Waals surface area contributed by atoms with Crippen LogP contribution in [0.2, 0.25) is 0 Å². The fourth-order valence-electron chi connectivity index (χ4n) is 4.14. The zero-order valence-corrected chi connectivity index (χ0v) is 23.7. The third-order valence-electron chi connectivity index (χ3n) is 5.96. The van der Waals surface area contributed by atoms with Crippen molar-refractivity contribution in [1.82, 2.24) is 10.6 Å². The molecular weight excluding hydrogens is 531 g/mol. The number of aliphatic carboxylic acids is 1. The Morgan fingerprint density at radius 2 is 1.68 bits per heavy atom. The smallest absolute Gasteiger partial charge is 0.546 e. The van der Waals surface area contributed by atoms with Crippen LogP contribution in [0.4, 0.5) is 0 Å². The standard InChI is InChI=1S/C20H34N2O13S.Na/c1-7(24)21-12-9(26)4-20(19(31)32,35-17(12)14(28)10(27)5-23)36-6-11-15(29)16(30)13(22-8(2)25)18(33-3)34-11;/h9-18,23,26-30H,4-6H2,1-3H3,(H,21,24)(H,22,25)(H,31,32);/q;+1/p-1/t9?,10-,11?,12?,13?,14-,15?,16?,17?,18?,20?;/m1./s1. The molecule has 2 aliphatic heterocycles. The Balaban J connectivity index is 0.00000684. The average Bonchev–Trinajstić information content (AvgIpc) is 2.81. The second-order valence-electron chi connectivity index (χ2n) is 8.66. The van der Waals surface area contributed by atoms with Crippen molar-refractivity contribution >= 4 is 29.5 Å². The summed E-state index contributed by atoms with van der Waals surface area (Å²) in [7, 11) is 1.23. The molecule has 0 aromatic rings. The van der Waals surface area contributed by atoms with Crippen LogP contribution in [0, 0.1) is 0 Å². The molecule has 0 aliphatic carbocycles. The molecule has 37 heavy (non-hydrogen) atoms. The number of nitrogens with one attached hydrogen (secondary N) is 2. The molecule has 11 atom stereocenters. The quantitative estimate of drug-likeness (QED) is 0.115. The summed E-state index contributed by atoms with van der Waals surface area (Å²) in [5, 5.41) is 78.2. The van der Waals surface area contributed by atoms with E-state index in [0.717, 1.165) is 6.92 Å². The van der Waals surface area contributed by atoms with Gasteiger partial charge in [0.05, 0.1) is 30.8 Å². The van der Waals surface area contributed by atoms with Crippen molar-refractivity contribution in [2.45, 2.75) is 86.3 Å². The molecule has 2 rings (SSSR count). The Kier molecular flexibility index (Phi) is 13.7. The van der Waals surface area contributed by atoms with Gasteiger partial charge in [-0.25, -0.2) is 0 Å². The third kappa shape index (κ3) is 8.20. The normalized spacial score (nSPS) is 37.5. The number of hydrogen-bond acceptors (Lipinski definition) is 14. The van der Waals surface area contributed by atoms with Crippen LogP contribution >= 0.6 is 11.8 Å². The second-order valence-corrected chi connectivity index (χ2v) is 9.94. The molecule has 0 bridgehead atoms. The average molecular weight is 565 g/mol. The van der Waals surface area contributed by atoms with Gasteiger partial charge in [0, 0.05) is 33.1 Å². The molecule has 0 saturated carbocycles. The van der Waals surface area contributed by atoms with E-state index in [4.69, 9.17) is 14.2 Å². The predicted molar refractivity (Wildman–Crippen MR) is 118 cm³/mol. The van der Waals surface area contributed by atoms with Gasteiger partial charge in [-0.1, -0.05) is 0 Å². The maximum Gasteiger partial charge on any atom is 1.00 e. The van der Waals surface area contributed by atoms with Gasteiger partial charge in [0.1, 0.15) is 36.6 Å². The number of carboxylic acids is 1. The van der Waals surface area contributed by atoms with Crippen LogP contribution in [0.1, 0.15) is 20.3 Å². The number of carboxylic acid groups (broad SMARTS) is 1. The van der Waals surface area contributed by atoms with Gasteiger partial charge in [-0.15, -0.1) is 11.8 Å². The minimum Gasteiger partial charge on any atom is -0.546 e. The second kappa shape index (κ2) is 14.7. The van der Waals surface area contributed by atoms with Crippen LogP contribution < -0.4 is 45.3 Å². The molecule has 2 aliphatic rings. The number of ether oxygens (including phenoxy) is 3. The van der Waals surface area contributed by atoms with E-state index in [1.54, 1.807) is 0 Å². The summed E-state index contributed by atoms with van der Waals surface area (Å²) in [5.41, 5.74) is 0. The van der Waals surface area contributed by atoms with Crippen LogP contribution in [-0.4, -0.2) is 134 Å². The molecule has 2 fully saturated rings. The van der Waals surface area contributed by atoms with E-state index in [-0.39, 0.29) is 35.3 Å². The fourth-order valence-corrected chi connectivity index (χ4v) is 5.44. The molecule has 0 aromatic carbocycles. The summed E-state index contributed by atoms with van der Waals surface area (Å²) in [4.78, 5) is 32.9. The van der Waals surface area contributed by atoms with E-state index >= 15 is 0 Å². The molecule has 2 amide bonds. The number of thioether (sulfide) groups is 1. The summed E-state index contributed by atoms with van der Waals surface area (Å²) in [6.07, 6.45) is -13.2. The van der Waals surface area contributed by atoms with E-state index in [2.05, 4.69) is 10.6 Å². The van der Waals surface area contributed by atoms with Gasteiger partial charge in [-0.05, 0) is 0 Å². The monoisotopic (exact) mass is 564 g/mol. The molecule has 2 heterocycles. The summed E-state index contributed by atoms with van der Waals surface area (Å²) in [6, 6.07) is -2.47. The maximum atomic E-state index is 12.2. The Bertz CT molecular complexity index is 795. The van der Waals surface area contributed by atoms with Gasteiger partial charge in [0.15, 0.2) is 11.2 Å². The number of rotatable bonds is 10. The largest absolute Gasteiger partial charge is 1.00 e. The first-order valence-electron chi connectivity index (χ1n) is 11.0. The van der Waals surface area contributed by atoms with E-state index in [9.17, 15) is 50.1 Å². The molecule has 0 spiro atoms. The van der Waals surface area contributed by atoms with Crippen molar-refractivity contribution in [2.24, 2.45) is 0 Å². The van der Waals surface area contributed by atoms with Crippen molar-refractivity contribution in [3.8, 4) is 0 Å². The van der Waals surface area contributed by atoms with E-state index < -0.39 is 96.8 Å². The molecule has 8 N–H and O–H groups in total. The number of aliphatic hydroxyl groups is 6. The summed E-state index contributed by atoms with van der Waals surface area (Å²) in [5.74, 6) is -3.34. The van der Waals surface area contributed by atoms with Crippen molar-refractivity contribution in [2.75, 3.05) is 19.5 Å². The molecule has 2 saturated heterocycles. The van der Waals surface area contributed by atoms with Crippen LogP contribution in [0.25, 0.3) is 0 Å². The van der Waals surface area contributed by atoms with Crippen LogP contribution in [0.15, 0.2) is 0 Å². The molecule has 9 unspecified atom stereocenters. The van der Waals surface area contributed by atoms with Crippen molar-refractivity contribution in [3.63, 3.8) is 0 Å². The number of aliphatic hydroxyl groups excluding tert-OH is 6. The number of hydrogen-bond donors (Lipinski definition) is 8. The SMILES string of the molecule is COC1OC(CSC2(C(=O)[O-])CC(O)C(NC(C)=O)C([C@H](O)[C@H](O)CO)O2)C(O)C(O)C1NC(C)=O.[Na+]. The van der Waals surface area contributed by atoms with Crippen LogP contribution in [0.5, 0.6) is 0 Å². The van der Waals surface area contributed by atoms with Gasteiger partial charge in [0.25, 0.3) is 0 Å². The van der Waals surface area contributed by atoms with Crippen molar-refractivity contribution in [3.05, 3.63) is 0 Å². The Hall–Kier alpha value is -0.600.